The highest BCUT2D eigenvalue weighted by Crippen LogP contribution is 2.24. The summed E-state index contributed by atoms with van der Waals surface area (Å²) in [5, 5.41) is 0. The number of carbonyl (C=O) groups is 1. The molecular formula is C21H27N3O2. The monoisotopic (exact) mass is 353 g/mol. The predicted molar refractivity (Wildman–Crippen MR) is 104 cm³/mol. The third-order valence-corrected chi connectivity index (χ3v) is 3.91. The fraction of sp³-hybridized carbons (Fsp3) is 0.429. The molecule has 1 aromatic carbocycles. The van der Waals surface area contributed by atoms with Crippen molar-refractivity contribution in [2.45, 2.75) is 52.7 Å². The molecule has 0 aliphatic carbocycles. The van der Waals surface area contributed by atoms with Gasteiger partial charge in [-0.25, -0.2) is 9.78 Å². The number of H-pyrrole nitrogens is 1. The summed E-state index contributed by atoms with van der Waals surface area (Å²) in [6.07, 6.45) is 7.68. The lowest BCUT2D eigenvalue weighted by atomic mass is 10.1. The van der Waals surface area contributed by atoms with Crippen molar-refractivity contribution in [2.24, 2.45) is 0 Å². The Bertz CT molecular complexity index is 779. The Morgan fingerprint density at radius 3 is 2.54 bits per heavy atom. The van der Waals surface area contributed by atoms with Gasteiger partial charge in [0.15, 0.2) is 0 Å². The molecule has 138 valence electrons. The van der Waals surface area contributed by atoms with Gasteiger partial charge in [-0.15, -0.1) is 6.42 Å². The number of ether oxygens (including phenoxy) is 1. The molecule has 1 aromatic heterocycles. The Hall–Kier alpha value is -2.74. The van der Waals surface area contributed by atoms with E-state index in [9.17, 15) is 4.79 Å². The summed E-state index contributed by atoms with van der Waals surface area (Å²) in [5.41, 5.74) is 2.18. The fourth-order valence-electron chi connectivity index (χ4n) is 2.59. The third-order valence-electron chi connectivity index (χ3n) is 3.91. The van der Waals surface area contributed by atoms with Crippen LogP contribution < -0.4 is 0 Å². The van der Waals surface area contributed by atoms with Crippen LogP contribution in [0.4, 0.5) is 4.79 Å². The van der Waals surface area contributed by atoms with Crippen LogP contribution in [0.3, 0.4) is 0 Å². The molecule has 1 amide bonds. The molecule has 2 aromatic rings. The van der Waals surface area contributed by atoms with Gasteiger partial charge in [0.1, 0.15) is 11.4 Å². The molecule has 2 rings (SSSR count). The standard InChI is InChI=1S/C21H27N3O2/c1-7-13-24(20(25)26-21(4,5)6)15(3)19-22-14-18(23-19)17-11-9-16(8-2)10-12-17/h2,9-12,14-15H,7,13H2,1,3-6H3,(H,22,23). The summed E-state index contributed by atoms with van der Waals surface area (Å²) < 4.78 is 5.54. The summed E-state index contributed by atoms with van der Waals surface area (Å²) in [7, 11) is 0. The van der Waals surface area contributed by atoms with Crippen molar-refractivity contribution in [3.63, 3.8) is 0 Å². The Labute approximate surface area is 155 Å². The number of terminal acetylenes is 1. The first-order valence-electron chi connectivity index (χ1n) is 8.86. The highest BCUT2D eigenvalue weighted by Gasteiger charge is 2.27. The molecule has 0 bridgehead atoms. The van der Waals surface area contributed by atoms with Crippen LogP contribution in [0.1, 0.15) is 58.5 Å². The number of amides is 1. The third kappa shape index (κ3) is 4.89. The normalized spacial score (nSPS) is 12.3. The van der Waals surface area contributed by atoms with Gasteiger partial charge in [-0.3, -0.25) is 4.90 Å². The average Bonchev–Trinajstić information content (AvgIpc) is 3.07. The van der Waals surface area contributed by atoms with Gasteiger partial charge in [0.2, 0.25) is 0 Å². The van der Waals surface area contributed by atoms with E-state index in [0.29, 0.717) is 6.54 Å². The molecule has 0 spiro atoms. The van der Waals surface area contributed by atoms with Crippen molar-refractivity contribution < 1.29 is 9.53 Å². The molecule has 1 heterocycles. The average molecular weight is 353 g/mol. The summed E-state index contributed by atoms with van der Waals surface area (Å²) >= 11 is 0. The Morgan fingerprint density at radius 2 is 2.00 bits per heavy atom. The van der Waals surface area contributed by atoms with E-state index >= 15 is 0 Å². The lowest BCUT2D eigenvalue weighted by molar-refractivity contribution is 0.0166. The molecule has 1 unspecified atom stereocenters. The highest BCUT2D eigenvalue weighted by molar-refractivity contribution is 5.68. The van der Waals surface area contributed by atoms with Crippen molar-refractivity contribution in [1.82, 2.24) is 14.9 Å². The number of imidazole rings is 1. The molecule has 0 saturated carbocycles. The van der Waals surface area contributed by atoms with Gasteiger partial charge in [-0.05, 0) is 51.8 Å². The second-order valence-electron chi connectivity index (χ2n) is 7.25. The maximum atomic E-state index is 12.6. The van der Waals surface area contributed by atoms with Gasteiger partial charge in [-0.2, -0.15) is 0 Å². The molecule has 1 N–H and O–H groups in total. The van der Waals surface area contributed by atoms with Crippen LogP contribution in [0.25, 0.3) is 11.3 Å². The van der Waals surface area contributed by atoms with Crippen LogP contribution in [-0.2, 0) is 4.74 Å². The van der Waals surface area contributed by atoms with Crippen molar-refractivity contribution in [1.29, 1.82) is 0 Å². The number of carbonyl (C=O) groups excluding carboxylic acids is 1. The molecule has 0 aliphatic heterocycles. The zero-order valence-electron chi connectivity index (χ0n) is 16.2. The molecule has 0 aliphatic rings. The van der Waals surface area contributed by atoms with Crippen LogP contribution in [0.2, 0.25) is 0 Å². The van der Waals surface area contributed by atoms with Crippen molar-refractivity contribution in [3.05, 3.63) is 41.9 Å². The first kappa shape index (κ1) is 19.6. The van der Waals surface area contributed by atoms with E-state index in [0.717, 1.165) is 29.1 Å². The molecule has 1 atom stereocenters. The Morgan fingerprint density at radius 1 is 1.35 bits per heavy atom. The van der Waals surface area contributed by atoms with E-state index in [1.54, 1.807) is 11.1 Å². The lowest BCUT2D eigenvalue weighted by Crippen LogP contribution is -2.39. The number of hydrogen-bond acceptors (Lipinski definition) is 3. The van der Waals surface area contributed by atoms with Crippen LogP contribution in [-0.4, -0.2) is 33.1 Å². The van der Waals surface area contributed by atoms with E-state index in [1.807, 2.05) is 58.9 Å². The van der Waals surface area contributed by atoms with Crippen molar-refractivity contribution in [3.8, 4) is 23.6 Å². The second kappa shape index (κ2) is 8.09. The lowest BCUT2D eigenvalue weighted by Gasteiger charge is -2.30. The van der Waals surface area contributed by atoms with Gasteiger partial charge in [0.05, 0.1) is 17.9 Å². The predicted octanol–water partition coefficient (Wildman–Crippen LogP) is 4.77. The summed E-state index contributed by atoms with van der Waals surface area (Å²) in [5.74, 6) is 3.33. The molecule has 0 saturated heterocycles. The zero-order valence-corrected chi connectivity index (χ0v) is 16.2. The van der Waals surface area contributed by atoms with Gasteiger partial charge < -0.3 is 9.72 Å². The number of benzene rings is 1. The number of hydrogen-bond donors (Lipinski definition) is 1. The van der Waals surface area contributed by atoms with Crippen LogP contribution >= 0.6 is 0 Å². The van der Waals surface area contributed by atoms with Gasteiger partial charge in [0, 0.05) is 12.1 Å². The minimum Gasteiger partial charge on any atom is -0.444 e. The Kier molecular flexibility index (Phi) is 6.10. The van der Waals surface area contributed by atoms with Crippen molar-refractivity contribution in [2.75, 3.05) is 6.54 Å². The smallest absolute Gasteiger partial charge is 0.410 e. The number of nitrogens with one attached hydrogen (secondary N) is 1. The van der Waals surface area contributed by atoms with Crippen LogP contribution in [0.5, 0.6) is 0 Å². The number of nitrogens with zero attached hydrogens (tertiary/aromatic N) is 2. The van der Waals surface area contributed by atoms with Gasteiger partial charge >= 0.3 is 6.09 Å². The first-order chi connectivity index (χ1) is 12.2. The molecule has 5 nitrogen and oxygen atoms in total. The molecule has 0 fully saturated rings. The van der Waals surface area contributed by atoms with Gasteiger partial charge in [-0.1, -0.05) is 25.0 Å². The summed E-state index contributed by atoms with van der Waals surface area (Å²) in [4.78, 5) is 22.0. The summed E-state index contributed by atoms with van der Waals surface area (Å²) in [6.45, 7) is 10.2. The van der Waals surface area contributed by atoms with E-state index in [4.69, 9.17) is 11.2 Å². The van der Waals surface area contributed by atoms with E-state index in [2.05, 4.69) is 15.9 Å². The molecule has 26 heavy (non-hydrogen) atoms. The number of aromatic nitrogens is 2. The van der Waals surface area contributed by atoms with Crippen LogP contribution in [0.15, 0.2) is 30.5 Å². The van der Waals surface area contributed by atoms with Crippen LogP contribution in [0, 0.1) is 12.3 Å². The second-order valence-corrected chi connectivity index (χ2v) is 7.25. The minimum atomic E-state index is -0.532. The first-order valence-corrected chi connectivity index (χ1v) is 8.86. The zero-order chi connectivity index (χ0) is 19.3. The maximum absolute atomic E-state index is 12.6. The number of rotatable bonds is 5. The maximum Gasteiger partial charge on any atom is 0.410 e. The largest absolute Gasteiger partial charge is 0.444 e. The Balaban J connectivity index is 2.21. The highest BCUT2D eigenvalue weighted by atomic mass is 16.6. The SMILES string of the molecule is C#Cc1ccc(-c2cnc(C(C)N(CCC)C(=O)OC(C)(C)C)[nH]2)cc1. The molecule has 5 heteroatoms. The summed E-state index contributed by atoms with van der Waals surface area (Å²) in [6, 6.07) is 7.47. The fourth-order valence-corrected chi connectivity index (χ4v) is 2.59. The van der Waals surface area contributed by atoms with Gasteiger partial charge in [0.25, 0.3) is 0 Å². The van der Waals surface area contributed by atoms with Crippen molar-refractivity contribution >= 4 is 6.09 Å². The molecular weight excluding hydrogens is 326 g/mol. The topological polar surface area (TPSA) is 58.2 Å². The minimum absolute atomic E-state index is 0.219. The molecule has 0 radical (unpaired) electrons. The van der Waals surface area contributed by atoms with E-state index in [1.165, 1.54) is 0 Å². The van der Waals surface area contributed by atoms with E-state index < -0.39 is 5.60 Å². The van der Waals surface area contributed by atoms with E-state index in [-0.39, 0.29) is 12.1 Å². The quantitative estimate of drug-likeness (QED) is 0.788. The number of aromatic amines is 1.